The minimum absolute atomic E-state index is 0.583. The van der Waals surface area contributed by atoms with Crippen molar-refractivity contribution in [2.75, 3.05) is 18.4 Å². The number of hydrogen-bond donors (Lipinski definition) is 2. The predicted molar refractivity (Wildman–Crippen MR) is 77.3 cm³/mol. The second-order valence-corrected chi connectivity index (χ2v) is 5.03. The Hall–Kier alpha value is -1.81. The molecule has 0 amide bonds. The molecule has 1 fully saturated rings. The van der Waals surface area contributed by atoms with Gasteiger partial charge in [-0.15, -0.1) is 0 Å². The maximum atomic E-state index is 4.28. The highest BCUT2D eigenvalue weighted by Gasteiger charge is 2.13. The molecule has 0 aliphatic carbocycles. The Morgan fingerprint density at radius 1 is 1.21 bits per heavy atom. The van der Waals surface area contributed by atoms with E-state index >= 15 is 0 Å². The summed E-state index contributed by atoms with van der Waals surface area (Å²) in [5, 5.41) is 11.4. The van der Waals surface area contributed by atoms with Gasteiger partial charge >= 0.3 is 0 Å². The molecular weight excluding hydrogens is 236 g/mol. The van der Waals surface area contributed by atoms with E-state index in [4.69, 9.17) is 0 Å². The van der Waals surface area contributed by atoms with Crippen LogP contribution in [0.3, 0.4) is 0 Å². The van der Waals surface area contributed by atoms with Gasteiger partial charge in [0.15, 0.2) is 0 Å². The summed E-state index contributed by atoms with van der Waals surface area (Å²) in [4.78, 5) is 0. The molecule has 1 aromatic heterocycles. The third kappa shape index (κ3) is 3.15. The molecule has 1 aromatic carbocycles. The zero-order valence-corrected chi connectivity index (χ0v) is 11.0. The molecule has 1 aliphatic heterocycles. The van der Waals surface area contributed by atoms with E-state index in [0.29, 0.717) is 6.04 Å². The fourth-order valence-corrected chi connectivity index (χ4v) is 2.55. The van der Waals surface area contributed by atoms with Crippen LogP contribution in [0.25, 0.3) is 0 Å². The molecule has 1 saturated heterocycles. The third-order valence-corrected chi connectivity index (χ3v) is 3.61. The lowest BCUT2D eigenvalue weighted by molar-refractivity contribution is 0.478. The Kier molecular flexibility index (Phi) is 3.79. The fourth-order valence-electron chi connectivity index (χ4n) is 2.55. The lowest BCUT2D eigenvalue weighted by Gasteiger charge is -2.26. The average molecular weight is 256 g/mol. The molecule has 2 N–H and O–H groups in total. The molecule has 0 spiro atoms. The van der Waals surface area contributed by atoms with E-state index < -0.39 is 0 Å². The van der Waals surface area contributed by atoms with Gasteiger partial charge in [-0.1, -0.05) is 18.2 Å². The summed E-state index contributed by atoms with van der Waals surface area (Å²) in [6, 6.07) is 11.1. The normalized spacial score (nSPS) is 16.4. The lowest BCUT2D eigenvalue weighted by Crippen LogP contribution is -2.35. The van der Waals surface area contributed by atoms with Gasteiger partial charge in [-0.3, -0.25) is 4.68 Å². The Labute approximate surface area is 113 Å². The number of piperidine rings is 1. The molecule has 0 radical (unpaired) electrons. The van der Waals surface area contributed by atoms with E-state index in [1.54, 1.807) is 0 Å². The van der Waals surface area contributed by atoms with Crippen LogP contribution in [0.1, 0.15) is 18.4 Å². The monoisotopic (exact) mass is 256 g/mol. The molecule has 100 valence electrons. The first-order chi connectivity index (χ1) is 9.42. The van der Waals surface area contributed by atoms with Crippen molar-refractivity contribution in [1.29, 1.82) is 0 Å². The molecule has 0 bridgehead atoms. The first-order valence-corrected chi connectivity index (χ1v) is 6.94. The molecule has 0 saturated carbocycles. The van der Waals surface area contributed by atoms with Gasteiger partial charge in [0.25, 0.3) is 0 Å². The molecule has 2 aromatic rings. The average Bonchev–Trinajstić information content (AvgIpc) is 2.95. The minimum Gasteiger partial charge on any atom is -0.382 e. The van der Waals surface area contributed by atoms with Crippen molar-refractivity contribution in [1.82, 2.24) is 15.1 Å². The number of anilines is 1. The minimum atomic E-state index is 0.583. The molecule has 1 aliphatic rings. The van der Waals surface area contributed by atoms with Gasteiger partial charge in [0.1, 0.15) is 0 Å². The summed E-state index contributed by atoms with van der Waals surface area (Å²) in [5.74, 6) is 0. The van der Waals surface area contributed by atoms with E-state index in [9.17, 15) is 0 Å². The first kappa shape index (κ1) is 12.2. The van der Waals surface area contributed by atoms with Crippen molar-refractivity contribution in [3.05, 3.63) is 48.3 Å². The van der Waals surface area contributed by atoms with Gasteiger partial charge in [-0.25, -0.2) is 0 Å². The summed E-state index contributed by atoms with van der Waals surface area (Å²) in [6.07, 6.45) is 6.20. The number of para-hydroxylation sites is 1. The van der Waals surface area contributed by atoms with E-state index in [-0.39, 0.29) is 0 Å². The first-order valence-electron chi connectivity index (χ1n) is 6.94. The predicted octanol–water partition coefficient (Wildman–Crippen LogP) is 2.10. The van der Waals surface area contributed by atoms with Crippen molar-refractivity contribution >= 4 is 5.69 Å². The zero-order valence-electron chi connectivity index (χ0n) is 11.0. The smallest absolute Gasteiger partial charge is 0.0679 e. The summed E-state index contributed by atoms with van der Waals surface area (Å²) in [5.41, 5.74) is 2.54. The molecule has 0 atom stereocenters. The largest absolute Gasteiger partial charge is 0.382 e. The number of nitrogens with zero attached hydrogens (tertiary/aromatic N) is 2. The van der Waals surface area contributed by atoms with Crippen LogP contribution in [0.5, 0.6) is 0 Å². The van der Waals surface area contributed by atoms with Crippen molar-refractivity contribution in [3.63, 3.8) is 0 Å². The van der Waals surface area contributed by atoms with Gasteiger partial charge in [0.05, 0.1) is 6.54 Å². The van der Waals surface area contributed by atoms with Gasteiger partial charge in [-0.05, 0) is 43.6 Å². The van der Waals surface area contributed by atoms with Crippen LogP contribution in [0.4, 0.5) is 5.69 Å². The zero-order chi connectivity index (χ0) is 12.9. The van der Waals surface area contributed by atoms with Crippen LogP contribution in [0.2, 0.25) is 0 Å². The fraction of sp³-hybridized carbons (Fsp3) is 0.400. The van der Waals surface area contributed by atoms with Gasteiger partial charge in [0, 0.05) is 24.1 Å². The second kappa shape index (κ2) is 5.89. The summed E-state index contributed by atoms with van der Waals surface area (Å²) >= 11 is 0. The van der Waals surface area contributed by atoms with Crippen LogP contribution < -0.4 is 10.6 Å². The summed E-state index contributed by atoms with van der Waals surface area (Å²) in [6.45, 7) is 3.04. The maximum Gasteiger partial charge on any atom is 0.0679 e. The number of benzene rings is 1. The molecule has 2 heterocycles. The van der Waals surface area contributed by atoms with Crippen LogP contribution in [0.15, 0.2) is 42.7 Å². The quantitative estimate of drug-likeness (QED) is 0.880. The van der Waals surface area contributed by atoms with Gasteiger partial charge < -0.3 is 10.6 Å². The highest BCUT2D eigenvalue weighted by Crippen LogP contribution is 2.19. The molecule has 3 rings (SSSR count). The summed E-state index contributed by atoms with van der Waals surface area (Å²) in [7, 11) is 0. The number of aromatic nitrogens is 2. The Morgan fingerprint density at radius 3 is 2.84 bits per heavy atom. The SMILES string of the molecule is c1ccc(NC2CCNCC2)c(Cn2cccn2)c1. The topological polar surface area (TPSA) is 41.9 Å². The van der Waals surface area contributed by atoms with Crippen LogP contribution >= 0.6 is 0 Å². The van der Waals surface area contributed by atoms with E-state index in [2.05, 4.69) is 40.0 Å². The van der Waals surface area contributed by atoms with Gasteiger partial charge in [-0.2, -0.15) is 5.10 Å². The highest BCUT2D eigenvalue weighted by molar-refractivity contribution is 5.51. The van der Waals surface area contributed by atoms with E-state index in [1.165, 1.54) is 24.1 Å². The van der Waals surface area contributed by atoms with Crippen molar-refractivity contribution in [3.8, 4) is 0 Å². The highest BCUT2D eigenvalue weighted by atomic mass is 15.3. The van der Waals surface area contributed by atoms with Crippen molar-refractivity contribution in [2.45, 2.75) is 25.4 Å². The molecule has 4 heteroatoms. The molecule has 0 unspecified atom stereocenters. The summed E-state index contributed by atoms with van der Waals surface area (Å²) < 4.78 is 1.96. The van der Waals surface area contributed by atoms with Crippen molar-refractivity contribution in [2.24, 2.45) is 0 Å². The standard InChI is InChI=1S/C15H20N4/c1-2-5-15(18-14-6-9-16-10-7-14)13(4-1)12-19-11-3-8-17-19/h1-5,8,11,14,16,18H,6-7,9-10,12H2. The van der Waals surface area contributed by atoms with Gasteiger partial charge in [0.2, 0.25) is 0 Å². The Morgan fingerprint density at radius 2 is 2.05 bits per heavy atom. The van der Waals surface area contributed by atoms with E-state index in [1.807, 2.05) is 23.1 Å². The molecular formula is C15H20N4. The van der Waals surface area contributed by atoms with Crippen LogP contribution in [-0.2, 0) is 6.54 Å². The van der Waals surface area contributed by atoms with Crippen LogP contribution in [-0.4, -0.2) is 28.9 Å². The second-order valence-electron chi connectivity index (χ2n) is 5.03. The number of rotatable bonds is 4. The van der Waals surface area contributed by atoms with Crippen LogP contribution in [0, 0.1) is 0 Å². The maximum absolute atomic E-state index is 4.28. The Bertz CT molecular complexity index is 501. The number of nitrogens with one attached hydrogen (secondary N) is 2. The Balaban J connectivity index is 1.73. The number of hydrogen-bond acceptors (Lipinski definition) is 3. The molecule has 4 nitrogen and oxygen atoms in total. The van der Waals surface area contributed by atoms with Crippen molar-refractivity contribution < 1.29 is 0 Å². The third-order valence-electron chi connectivity index (χ3n) is 3.61. The van der Waals surface area contributed by atoms with E-state index in [0.717, 1.165) is 19.6 Å². The lowest BCUT2D eigenvalue weighted by atomic mass is 10.1. The molecule has 19 heavy (non-hydrogen) atoms.